The van der Waals surface area contributed by atoms with Crippen LogP contribution in [0.2, 0.25) is 0 Å². The second-order valence-corrected chi connectivity index (χ2v) is 12.5. The second-order valence-electron chi connectivity index (χ2n) is 12.5. The number of carbonyl (C=O) groups is 2. The Morgan fingerprint density at radius 3 is 2.47 bits per heavy atom. The second kappa shape index (κ2) is 12.1. The predicted octanol–water partition coefficient (Wildman–Crippen LogP) is 6.37. The molecule has 1 saturated carbocycles. The molecule has 1 atom stereocenters. The van der Waals surface area contributed by atoms with Gasteiger partial charge in [0.25, 0.3) is 0 Å². The normalized spacial score (nSPS) is 18.2. The van der Waals surface area contributed by atoms with Crippen LogP contribution in [0.5, 0.6) is 0 Å². The number of pyridine rings is 2. The van der Waals surface area contributed by atoms with Crippen LogP contribution in [0.4, 0.5) is 5.82 Å². The van der Waals surface area contributed by atoms with Crippen molar-refractivity contribution in [3.05, 3.63) is 88.4 Å². The first-order valence-electron chi connectivity index (χ1n) is 16.4. The van der Waals surface area contributed by atoms with Gasteiger partial charge in [-0.15, -0.1) is 0 Å². The van der Waals surface area contributed by atoms with Crippen molar-refractivity contribution in [1.82, 2.24) is 24.6 Å². The molecule has 0 spiro atoms. The van der Waals surface area contributed by atoms with Crippen LogP contribution < -0.4 is 5.32 Å². The molecule has 1 aromatic carbocycles. The van der Waals surface area contributed by atoms with Gasteiger partial charge in [-0.05, 0) is 92.2 Å². The molecule has 9 nitrogen and oxygen atoms in total. The van der Waals surface area contributed by atoms with Crippen LogP contribution in [0.25, 0.3) is 17.1 Å². The van der Waals surface area contributed by atoms with Crippen LogP contribution in [0, 0.1) is 5.92 Å². The number of carboxylic acids is 1. The third-order valence-corrected chi connectivity index (χ3v) is 9.75. The topological polar surface area (TPSA) is 113 Å². The first-order valence-corrected chi connectivity index (χ1v) is 16.4. The van der Waals surface area contributed by atoms with Gasteiger partial charge in [-0.25, -0.2) is 19.4 Å². The Hall–Kier alpha value is -4.53. The number of fused-ring (bicyclic) bond motifs is 1. The number of aromatic nitrogens is 4. The Labute approximate surface area is 263 Å². The van der Waals surface area contributed by atoms with Crippen molar-refractivity contribution in [2.24, 2.45) is 5.92 Å². The van der Waals surface area contributed by atoms with E-state index in [1.807, 2.05) is 25.1 Å². The van der Waals surface area contributed by atoms with Gasteiger partial charge in [0.2, 0.25) is 5.91 Å². The largest absolute Gasteiger partial charge is 0.478 e. The highest BCUT2D eigenvalue weighted by atomic mass is 16.4. The van der Waals surface area contributed by atoms with E-state index in [-0.39, 0.29) is 17.5 Å². The number of carbonyl (C=O) groups excluding carboxylic acids is 1. The summed E-state index contributed by atoms with van der Waals surface area (Å²) >= 11 is 0. The monoisotopic (exact) mass is 604 g/mol. The summed E-state index contributed by atoms with van der Waals surface area (Å²) < 4.78 is 1.64. The highest BCUT2D eigenvalue weighted by molar-refractivity contribution is 5.88. The standard InChI is InChI=1S/C36H40N6O3/c1-3-28-25(22-17-19-41(20-18-22)35(43)24-11-12-24)14-16-32(38-28)39-30-15-13-23-7-5-8-26(34(23)30)29-9-6-10-33(40-29)42-31(4-2)27(21-37-42)36(44)45/h5-10,14,16,21-22,24,30H,3-4,11-13,15,17-20H2,1-2H3,(H,38,39)(H,44,45). The fraction of sp³-hybridized carbons (Fsp3) is 0.417. The zero-order chi connectivity index (χ0) is 31.1. The van der Waals surface area contributed by atoms with Gasteiger partial charge < -0.3 is 15.3 Å². The van der Waals surface area contributed by atoms with E-state index < -0.39 is 5.97 Å². The zero-order valence-electron chi connectivity index (χ0n) is 26.0. The maximum atomic E-state index is 12.5. The average molecular weight is 605 g/mol. The van der Waals surface area contributed by atoms with Crippen molar-refractivity contribution < 1.29 is 14.7 Å². The van der Waals surface area contributed by atoms with Gasteiger partial charge in [-0.2, -0.15) is 5.10 Å². The number of hydrogen-bond donors (Lipinski definition) is 2. The quantitative estimate of drug-likeness (QED) is 0.228. The molecule has 2 N–H and O–H groups in total. The molecule has 4 aromatic rings. The highest BCUT2D eigenvalue weighted by Crippen LogP contribution is 2.41. The van der Waals surface area contributed by atoms with Crippen molar-refractivity contribution in [3.63, 3.8) is 0 Å². The fourth-order valence-electron chi connectivity index (χ4n) is 7.26. The molecule has 45 heavy (non-hydrogen) atoms. The lowest BCUT2D eigenvalue weighted by molar-refractivity contribution is -0.133. The number of nitrogens with one attached hydrogen (secondary N) is 1. The molecule has 1 amide bonds. The summed E-state index contributed by atoms with van der Waals surface area (Å²) in [5.74, 6) is 1.60. The van der Waals surface area contributed by atoms with Crippen molar-refractivity contribution in [2.45, 2.75) is 77.2 Å². The summed E-state index contributed by atoms with van der Waals surface area (Å²) in [6.45, 7) is 5.79. The summed E-state index contributed by atoms with van der Waals surface area (Å²) in [4.78, 5) is 36.4. The maximum absolute atomic E-state index is 12.5. The number of rotatable bonds is 9. The van der Waals surface area contributed by atoms with E-state index in [1.165, 1.54) is 22.9 Å². The van der Waals surface area contributed by atoms with Gasteiger partial charge in [-0.3, -0.25) is 4.79 Å². The number of hydrogen-bond acceptors (Lipinski definition) is 6. The number of aryl methyl sites for hydroxylation is 2. The maximum Gasteiger partial charge on any atom is 0.339 e. The van der Waals surface area contributed by atoms with E-state index in [4.69, 9.17) is 9.97 Å². The summed E-state index contributed by atoms with van der Waals surface area (Å²) in [5.41, 5.74) is 7.73. The molecular formula is C36H40N6O3. The number of benzene rings is 1. The molecule has 2 aliphatic carbocycles. The number of likely N-dealkylation sites (tertiary alicyclic amines) is 1. The number of piperidine rings is 1. The van der Waals surface area contributed by atoms with Gasteiger partial charge >= 0.3 is 5.97 Å². The molecular weight excluding hydrogens is 564 g/mol. The lowest BCUT2D eigenvalue weighted by atomic mass is 9.87. The van der Waals surface area contributed by atoms with Crippen molar-refractivity contribution in [2.75, 3.05) is 18.4 Å². The fourth-order valence-corrected chi connectivity index (χ4v) is 7.26. The van der Waals surface area contributed by atoms with E-state index in [2.05, 4.69) is 52.6 Å². The smallest absolute Gasteiger partial charge is 0.339 e. The molecule has 0 radical (unpaired) electrons. The molecule has 0 bridgehead atoms. The van der Waals surface area contributed by atoms with Gasteiger partial charge in [0.15, 0.2) is 5.82 Å². The molecule has 1 aliphatic heterocycles. The van der Waals surface area contributed by atoms with Crippen LogP contribution in [0.15, 0.2) is 54.7 Å². The van der Waals surface area contributed by atoms with E-state index in [0.29, 0.717) is 29.8 Å². The summed E-state index contributed by atoms with van der Waals surface area (Å²) in [6.07, 6.45) is 8.86. The Morgan fingerprint density at radius 2 is 1.73 bits per heavy atom. The van der Waals surface area contributed by atoms with Crippen LogP contribution in [0.1, 0.15) is 96.3 Å². The molecule has 232 valence electrons. The Morgan fingerprint density at radius 1 is 0.933 bits per heavy atom. The molecule has 1 unspecified atom stereocenters. The first-order chi connectivity index (χ1) is 21.9. The third-order valence-electron chi connectivity index (χ3n) is 9.75. The Kier molecular flexibility index (Phi) is 7.85. The number of anilines is 1. The van der Waals surface area contributed by atoms with E-state index in [9.17, 15) is 14.7 Å². The van der Waals surface area contributed by atoms with Crippen LogP contribution in [0.3, 0.4) is 0 Å². The minimum absolute atomic E-state index is 0.0934. The predicted molar refractivity (Wildman–Crippen MR) is 173 cm³/mol. The molecule has 2 fully saturated rings. The van der Waals surface area contributed by atoms with E-state index >= 15 is 0 Å². The van der Waals surface area contributed by atoms with E-state index in [0.717, 1.165) is 80.8 Å². The number of aromatic carboxylic acids is 1. The Balaban J connectivity index is 1.12. The molecule has 3 aliphatic rings. The van der Waals surface area contributed by atoms with E-state index in [1.54, 1.807) is 4.68 Å². The van der Waals surface area contributed by atoms with Gasteiger partial charge in [0.05, 0.1) is 23.6 Å². The Bertz CT molecular complexity index is 1750. The summed E-state index contributed by atoms with van der Waals surface area (Å²) in [7, 11) is 0. The van der Waals surface area contributed by atoms with Crippen LogP contribution in [-0.2, 0) is 24.1 Å². The number of nitrogens with zero attached hydrogens (tertiary/aromatic N) is 5. The van der Waals surface area contributed by atoms with Crippen molar-refractivity contribution in [3.8, 4) is 17.1 Å². The van der Waals surface area contributed by atoms with Crippen LogP contribution in [-0.4, -0.2) is 54.7 Å². The average Bonchev–Trinajstić information content (AvgIpc) is 3.70. The molecule has 3 aromatic heterocycles. The molecule has 1 saturated heterocycles. The lowest BCUT2D eigenvalue weighted by Gasteiger charge is -2.33. The molecule has 7 rings (SSSR count). The zero-order valence-corrected chi connectivity index (χ0v) is 26.0. The first kappa shape index (κ1) is 29.2. The van der Waals surface area contributed by atoms with Crippen molar-refractivity contribution >= 4 is 17.7 Å². The third kappa shape index (κ3) is 5.60. The summed E-state index contributed by atoms with van der Waals surface area (Å²) in [5, 5.41) is 17.7. The SMILES string of the molecule is CCc1nc(NC2CCc3cccc(-c4cccc(-n5ncc(C(=O)O)c5CC)n4)c32)ccc1C1CCN(C(=O)C2CC2)CC1. The number of carboxylic acid groups (broad SMARTS) is 1. The lowest BCUT2D eigenvalue weighted by Crippen LogP contribution is -2.38. The highest BCUT2D eigenvalue weighted by Gasteiger charge is 2.35. The van der Waals surface area contributed by atoms with Crippen molar-refractivity contribution in [1.29, 1.82) is 0 Å². The molecule has 9 heteroatoms. The molecule has 4 heterocycles. The van der Waals surface area contributed by atoms with Gasteiger partial charge in [-0.1, -0.05) is 44.2 Å². The minimum Gasteiger partial charge on any atom is -0.478 e. The summed E-state index contributed by atoms with van der Waals surface area (Å²) in [6, 6.07) is 16.7. The number of amides is 1. The minimum atomic E-state index is -0.984. The van der Waals surface area contributed by atoms with Crippen LogP contribution >= 0.6 is 0 Å². The van der Waals surface area contributed by atoms with Gasteiger partial charge in [0, 0.05) is 30.3 Å². The van der Waals surface area contributed by atoms with Gasteiger partial charge in [0.1, 0.15) is 11.4 Å².